The lowest BCUT2D eigenvalue weighted by molar-refractivity contribution is 0.0474. The Kier molecular flexibility index (Phi) is 3.94. The van der Waals surface area contributed by atoms with Gasteiger partial charge in [-0.25, -0.2) is 4.68 Å². The van der Waals surface area contributed by atoms with E-state index in [1.165, 1.54) is 6.20 Å². The number of rotatable bonds is 2. The number of aliphatic hydroxyl groups is 1. The number of β-amino-alcohol motifs (C(OH)–C–C–N with tert-alkyl or cyclic N) is 1. The van der Waals surface area contributed by atoms with Gasteiger partial charge < -0.3 is 10.0 Å². The Labute approximate surface area is 127 Å². The lowest BCUT2D eigenvalue weighted by atomic mass is 10.1. The monoisotopic (exact) mass is 305 g/mol. The summed E-state index contributed by atoms with van der Waals surface area (Å²) in [6.45, 7) is 1.06. The SMILES string of the molecule is O=C(c1cnn(-c2ccccc2Cl)c1)N1CCCC(O)C1. The molecular formula is C15H16ClN3O2. The molecule has 1 fully saturated rings. The normalized spacial score (nSPS) is 18.8. The van der Waals surface area contributed by atoms with Crippen molar-refractivity contribution in [2.45, 2.75) is 18.9 Å². The Morgan fingerprint density at radius 1 is 1.38 bits per heavy atom. The predicted molar refractivity (Wildman–Crippen MR) is 79.7 cm³/mol. The van der Waals surface area contributed by atoms with E-state index in [4.69, 9.17) is 11.6 Å². The molecule has 0 radical (unpaired) electrons. The second-order valence-corrected chi connectivity index (χ2v) is 5.58. The number of hydrogen-bond acceptors (Lipinski definition) is 3. The Balaban J connectivity index is 1.82. The van der Waals surface area contributed by atoms with Crippen LogP contribution in [0.15, 0.2) is 36.7 Å². The molecule has 3 rings (SSSR count). The van der Waals surface area contributed by atoms with Crippen molar-refractivity contribution in [3.8, 4) is 5.69 Å². The first kappa shape index (κ1) is 14.1. The van der Waals surface area contributed by atoms with Gasteiger partial charge in [-0.2, -0.15) is 5.10 Å². The van der Waals surface area contributed by atoms with Crippen LogP contribution in [-0.2, 0) is 0 Å². The minimum atomic E-state index is -0.429. The predicted octanol–water partition coefficient (Wildman–Crippen LogP) is 2.12. The molecule has 2 heterocycles. The van der Waals surface area contributed by atoms with Crippen LogP contribution in [0.3, 0.4) is 0 Å². The second kappa shape index (κ2) is 5.87. The van der Waals surface area contributed by atoms with E-state index in [0.717, 1.165) is 18.5 Å². The third-order valence-corrected chi connectivity index (χ3v) is 3.93. The first-order valence-corrected chi connectivity index (χ1v) is 7.30. The van der Waals surface area contributed by atoms with Gasteiger partial charge in [0.1, 0.15) is 0 Å². The Hall–Kier alpha value is -1.85. The molecule has 5 nitrogen and oxygen atoms in total. The Bertz CT molecular complexity index is 656. The van der Waals surface area contributed by atoms with E-state index < -0.39 is 6.10 Å². The van der Waals surface area contributed by atoms with E-state index in [9.17, 15) is 9.90 Å². The molecule has 1 aromatic carbocycles. The third kappa shape index (κ3) is 2.94. The number of likely N-dealkylation sites (tertiary alicyclic amines) is 1. The van der Waals surface area contributed by atoms with Crippen LogP contribution in [0.25, 0.3) is 5.69 Å². The van der Waals surface area contributed by atoms with E-state index >= 15 is 0 Å². The van der Waals surface area contributed by atoms with Gasteiger partial charge in [-0.3, -0.25) is 4.79 Å². The lowest BCUT2D eigenvalue weighted by Crippen LogP contribution is -2.42. The molecule has 0 spiro atoms. The second-order valence-electron chi connectivity index (χ2n) is 5.17. The van der Waals surface area contributed by atoms with Crippen molar-refractivity contribution in [1.82, 2.24) is 14.7 Å². The van der Waals surface area contributed by atoms with Gasteiger partial charge in [0.2, 0.25) is 0 Å². The van der Waals surface area contributed by atoms with Gasteiger partial charge in [0.25, 0.3) is 5.91 Å². The molecule has 1 amide bonds. The van der Waals surface area contributed by atoms with Crippen LogP contribution >= 0.6 is 11.6 Å². The summed E-state index contributed by atoms with van der Waals surface area (Å²) >= 11 is 6.13. The number of nitrogens with zero attached hydrogens (tertiary/aromatic N) is 3. The highest BCUT2D eigenvalue weighted by atomic mass is 35.5. The first-order chi connectivity index (χ1) is 10.1. The topological polar surface area (TPSA) is 58.4 Å². The minimum absolute atomic E-state index is 0.105. The number of benzene rings is 1. The molecule has 2 aromatic rings. The van der Waals surface area contributed by atoms with Crippen LogP contribution < -0.4 is 0 Å². The van der Waals surface area contributed by atoms with Crippen LogP contribution in [0.1, 0.15) is 23.2 Å². The Morgan fingerprint density at radius 3 is 2.95 bits per heavy atom. The minimum Gasteiger partial charge on any atom is -0.391 e. The average molecular weight is 306 g/mol. The van der Waals surface area contributed by atoms with Gasteiger partial charge in [-0.15, -0.1) is 0 Å². The highest BCUT2D eigenvalue weighted by Gasteiger charge is 2.24. The number of piperidine rings is 1. The van der Waals surface area contributed by atoms with Gasteiger partial charge in [0.05, 0.1) is 28.6 Å². The lowest BCUT2D eigenvalue weighted by Gasteiger charge is -2.29. The number of aliphatic hydroxyl groups excluding tert-OH is 1. The van der Waals surface area contributed by atoms with Gasteiger partial charge >= 0.3 is 0 Å². The standard InChI is InChI=1S/C15H16ClN3O2/c16-13-5-1-2-6-14(13)19-9-11(8-17-19)15(21)18-7-3-4-12(20)10-18/h1-2,5-6,8-9,12,20H,3-4,7,10H2. The summed E-state index contributed by atoms with van der Waals surface area (Å²) in [5, 5.41) is 14.4. The van der Waals surface area contributed by atoms with Crippen molar-refractivity contribution in [3.63, 3.8) is 0 Å². The number of halogens is 1. The summed E-state index contributed by atoms with van der Waals surface area (Å²) in [5.74, 6) is -0.105. The molecule has 1 aromatic heterocycles. The third-order valence-electron chi connectivity index (χ3n) is 3.61. The van der Waals surface area contributed by atoms with Crippen LogP contribution in [0.5, 0.6) is 0 Å². The van der Waals surface area contributed by atoms with Crippen molar-refractivity contribution in [3.05, 3.63) is 47.2 Å². The zero-order chi connectivity index (χ0) is 14.8. The molecular weight excluding hydrogens is 290 g/mol. The summed E-state index contributed by atoms with van der Waals surface area (Å²) in [6, 6.07) is 7.33. The van der Waals surface area contributed by atoms with E-state index in [1.54, 1.807) is 21.8 Å². The Morgan fingerprint density at radius 2 is 2.19 bits per heavy atom. The van der Waals surface area contributed by atoms with E-state index in [-0.39, 0.29) is 5.91 Å². The molecule has 0 aliphatic carbocycles. The zero-order valence-corrected chi connectivity index (χ0v) is 12.2. The van der Waals surface area contributed by atoms with Crippen LogP contribution in [0.4, 0.5) is 0 Å². The summed E-state index contributed by atoms with van der Waals surface area (Å²) in [5.41, 5.74) is 1.24. The summed E-state index contributed by atoms with van der Waals surface area (Å²) in [7, 11) is 0. The van der Waals surface area contributed by atoms with Gasteiger partial charge in [-0.05, 0) is 25.0 Å². The van der Waals surface area contributed by atoms with Crippen molar-refractivity contribution < 1.29 is 9.90 Å². The molecule has 1 saturated heterocycles. The number of para-hydroxylation sites is 1. The highest BCUT2D eigenvalue weighted by molar-refractivity contribution is 6.32. The van der Waals surface area contributed by atoms with Crippen molar-refractivity contribution in [2.75, 3.05) is 13.1 Å². The number of aromatic nitrogens is 2. The van der Waals surface area contributed by atoms with Gasteiger partial charge in [0, 0.05) is 19.3 Å². The smallest absolute Gasteiger partial charge is 0.257 e. The van der Waals surface area contributed by atoms with Crippen LogP contribution in [-0.4, -0.2) is 44.9 Å². The molecule has 1 unspecified atom stereocenters. The maximum atomic E-state index is 12.4. The molecule has 1 aliphatic rings. The molecule has 1 atom stereocenters. The molecule has 1 aliphatic heterocycles. The highest BCUT2D eigenvalue weighted by Crippen LogP contribution is 2.20. The van der Waals surface area contributed by atoms with Crippen molar-refractivity contribution >= 4 is 17.5 Å². The number of carbonyl (C=O) groups excluding carboxylic acids is 1. The van der Waals surface area contributed by atoms with Gasteiger partial charge in [-0.1, -0.05) is 23.7 Å². The fraction of sp³-hybridized carbons (Fsp3) is 0.333. The number of amides is 1. The van der Waals surface area contributed by atoms with E-state index in [1.807, 2.05) is 18.2 Å². The van der Waals surface area contributed by atoms with Crippen LogP contribution in [0, 0.1) is 0 Å². The fourth-order valence-electron chi connectivity index (χ4n) is 2.52. The maximum absolute atomic E-state index is 12.4. The van der Waals surface area contributed by atoms with Crippen molar-refractivity contribution in [1.29, 1.82) is 0 Å². The summed E-state index contributed by atoms with van der Waals surface area (Å²) in [6.07, 6.45) is 4.35. The average Bonchev–Trinajstić information content (AvgIpc) is 2.96. The first-order valence-electron chi connectivity index (χ1n) is 6.92. The largest absolute Gasteiger partial charge is 0.391 e. The van der Waals surface area contributed by atoms with Crippen molar-refractivity contribution in [2.24, 2.45) is 0 Å². The fourth-order valence-corrected chi connectivity index (χ4v) is 2.75. The van der Waals surface area contributed by atoms with E-state index in [0.29, 0.717) is 23.7 Å². The molecule has 0 bridgehead atoms. The molecule has 6 heteroatoms. The molecule has 21 heavy (non-hydrogen) atoms. The zero-order valence-electron chi connectivity index (χ0n) is 11.4. The maximum Gasteiger partial charge on any atom is 0.257 e. The number of hydrogen-bond donors (Lipinski definition) is 1. The molecule has 1 N–H and O–H groups in total. The summed E-state index contributed by atoms with van der Waals surface area (Å²) < 4.78 is 1.59. The van der Waals surface area contributed by atoms with Crippen LogP contribution in [0.2, 0.25) is 5.02 Å². The molecule has 110 valence electrons. The van der Waals surface area contributed by atoms with Gasteiger partial charge in [0.15, 0.2) is 0 Å². The molecule has 0 saturated carbocycles. The summed E-state index contributed by atoms with van der Waals surface area (Å²) in [4.78, 5) is 14.1. The van der Waals surface area contributed by atoms with E-state index in [2.05, 4.69) is 5.10 Å². The number of carbonyl (C=O) groups is 1. The quantitative estimate of drug-likeness (QED) is 0.924.